The van der Waals surface area contributed by atoms with Crippen LogP contribution in [-0.4, -0.2) is 16.3 Å². The third-order valence-electron chi connectivity index (χ3n) is 1.47. The molecule has 0 bridgehead atoms. The largest absolute Gasteiger partial charge is 0.341 e. The van der Waals surface area contributed by atoms with E-state index in [0.717, 1.165) is 11.4 Å². The zero-order valence-electron chi connectivity index (χ0n) is 6.37. The number of rotatable bonds is 1. The molecule has 0 aliphatic carbocycles. The molecular formula is C7H6N4Re. The minimum absolute atomic E-state index is 0. The summed E-state index contributed by atoms with van der Waals surface area (Å²) < 4.78 is 0. The van der Waals surface area contributed by atoms with Gasteiger partial charge in [-0.3, -0.25) is 0 Å². The topological polar surface area (TPSA) is 50.2 Å². The Morgan fingerprint density at radius 3 is 3.08 bits per heavy atom. The van der Waals surface area contributed by atoms with Gasteiger partial charge in [0.05, 0.1) is 5.69 Å². The summed E-state index contributed by atoms with van der Waals surface area (Å²) in [7, 11) is 0. The van der Waals surface area contributed by atoms with Gasteiger partial charge in [-0.05, 0) is 4.99 Å². The summed E-state index contributed by atoms with van der Waals surface area (Å²) in [6.07, 6.45) is 6.01. The van der Waals surface area contributed by atoms with E-state index >= 15 is 0 Å². The number of hydrogen-bond acceptors (Lipinski definition) is 4. The van der Waals surface area contributed by atoms with Crippen molar-refractivity contribution in [3.05, 3.63) is 18.4 Å². The molecule has 1 aliphatic rings. The summed E-state index contributed by atoms with van der Waals surface area (Å²) in [6, 6.07) is 0. The number of nitrogens with zero attached hydrogens (tertiary/aromatic N) is 3. The fourth-order valence-electron chi connectivity index (χ4n) is 0.950. The van der Waals surface area contributed by atoms with Crippen LogP contribution < -0.4 is 5.32 Å². The molecule has 0 fully saturated rings. The Bertz CT molecular complexity index is 310. The van der Waals surface area contributed by atoms with E-state index in [0.29, 0.717) is 5.82 Å². The number of aliphatic imine (C=N–C) groups is 1. The van der Waals surface area contributed by atoms with Gasteiger partial charge in [0.1, 0.15) is 6.33 Å². The van der Waals surface area contributed by atoms with Crippen LogP contribution in [0.2, 0.25) is 0 Å². The van der Waals surface area contributed by atoms with Crippen molar-refractivity contribution in [1.29, 1.82) is 0 Å². The molecule has 0 unspecified atom stereocenters. The molecule has 1 aromatic heterocycles. The molecule has 0 spiro atoms. The van der Waals surface area contributed by atoms with Crippen LogP contribution in [0.15, 0.2) is 11.3 Å². The molecule has 1 radical (unpaired) electrons. The van der Waals surface area contributed by atoms with E-state index in [2.05, 4.69) is 26.6 Å². The summed E-state index contributed by atoms with van der Waals surface area (Å²) >= 11 is 0. The van der Waals surface area contributed by atoms with Gasteiger partial charge in [-0.15, -0.1) is 11.9 Å². The van der Waals surface area contributed by atoms with Crippen molar-refractivity contribution in [1.82, 2.24) is 9.97 Å². The van der Waals surface area contributed by atoms with Crippen LogP contribution in [0, 0.1) is 6.42 Å². The Hall–Kier alpha value is -1.01. The van der Waals surface area contributed by atoms with Gasteiger partial charge in [-0.1, -0.05) is 0 Å². The Morgan fingerprint density at radius 1 is 1.50 bits per heavy atom. The number of nitrogens with one attached hydrogen (secondary N) is 1. The van der Waals surface area contributed by atoms with E-state index in [1.165, 1.54) is 6.33 Å². The molecule has 61 valence electrons. The van der Waals surface area contributed by atoms with Crippen LogP contribution >= 0.6 is 0 Å². The first-order valence-corrected chi connectivity index (χ1v) is 3.28. The van der Waals surface area contributed by atoms with Gasteiger partial charge >= 0.3 is 5.82 Å². The first-order valence-electron chi connectivity index (χ1n) is 3.28. The summed E-state index contributed by atoms with van der Waals surface area (Å²) in [5.41, 5.74) is 1.71. The number of aromatic nitrogens is 2. The molecule has 0 amide bonds. The maximum atomic E-state index is 4.04. The van der Waals surface area contributed by atoms with Crippen molar-refractivity contribution >= 4 is 17.8 Å². The summed E-state index contributed by atoms with van der Waals surface area (Å²) in [6.45, 7) is 1.92. The molecule has 2 rings (SSSR count). The maximum Gasteiger partial charge on any atom is 0.341 e. The Kier molecular flexibility index (Phi) is 2.72. The number of anilines is 1. The molecule has 1 N–H and O–H groups in total. The SMILES string of the molecule is C[CH-]c1ncnc2c1N[C+]=N2.[Re]. The van der Waals surface area contributed by atoms with E-state index in [4.69, 9.17) is 0 Å². The quantitative estimate of drug-likeness (QED) is 0.781. The van der Waals surface area contributed by atoms with E-state index in [9.17, 15) is 0 Å². The summed E-state index contributed by atoms with van der Waals surface area (Å²) in [5, 5.41) is 2.85. The molecular weight excluding hydrogens is 326 g/mol. The molecule has 1 aromatic rings. The van der Waals surface area contributed by atoms with E-state index in [1.54, 1.807) is 0 Å². The zero-order valence-corrected chi connectivity index (χ0v) is 9.09. The number of fused-ring (bicyclic) bond motifs is 1. The predicted octanol–water partition coefficient (Wildman–Crippen LogP) is 1.01. The van der Waals surface area contributed by atoms with Gasteiger partial charge in [0.25, 0.3) is 6.34 Å². The average molecular weight is 332 g/mol. The average Bonchev–Trinajstić information content (AvgIpc) is 2.50. The maximum absolute atomic E-state index is 4.04. The fourth-order valence-corrected chi connectivity index (χ4v) is 0.950. The standard InChI is InChI=1S/C7H6N4.Re/c1-2-5-6-7(10-3-8-5)11-4-9-6;/h2-3H,1H3,(H,8,9,10,11);. The second-order valence-electron chi connectivity index (χ2n) is 2.09. The van der Waals surface area contributed by atoms with E-state index < -0.39 is 0 Å². The second kappa shape index (κ2) is 3.59. The van der Waals surface area contributed by atoms with Crippen LogP contribution in [0.5, 0.6) is 0 Å². The molecule has 4 nitrogen and oxygen atoms in total. The smallest absolute Gasteiger partial charge is 0.237 e. The molecule has 5 heteroatoms. The van der Waals surface area contributed by atoms with Crippen molar-refractivity contribution in [2.24, 2.45) is 4.99 Å². The first kappa shape index (κ1) is 9.08. The molecule has 0 aromatic carbocycles. The fraction of sp³-hybridized carbons (Fsp3) is 0.143. The van der Waals surface area contributed by atoms with Gasteiger partial charge < -0.3 is 0 Å². The van der Waals surface area contributed by atoms with Gasteiger partial charge in [0.15, 0.2) is 0 Å². The van der Waals surface area contributed by atoms with Crippen molar-refractivity contribution < 1.29 is 20.4 Å². The Labute approximate surface area is 84.2 Å². The van der Waals surface area contributed by atoms with Crippen molar-refractivity contribution in [3.63, 3.8) is 0 Å². The van der Waals surface area contributed by atoms with Crippen LogP contribution in [0.3, 0.4) is 0 Å². The van der Waals surface area contributed by atoms with Crippen LogP contribution in [0.1, 0.15) is 12.6 Å². The van der Waals surface area contributed by atoms with Crippen LogP contribution in [0.4, 0.5) is 11.5 Å². The molecule has 0 atom stereocenters. The third kappa shape index (κ3) is 1.30. The van der Waals surface area contributed by atoms with Gasteiger partial charge in [0.2, 0.25) is 5.69 Å². The summed E-state index contributed by atoms with van der Waals surface area (Å²) in [4.78, 5) is 11.9. The molecule has 1 aliphatic heterocycles. The monoisotopic (exact) mass is 333 g/mol. The Balaban J connectivity index is 0.000000720. The van der Waals surface area contributed by atoms with E-state index in [-0.39, 0.29) is 20.4 Å². The van der Waals surface area contributed by atoms with Crippen molar-refractivity contribution in [2.45, 2.75) is 6.92 Å². The molecule has 2 heterocycles. The van der Waals surface area contributed by atoms with Crippen LogP contribution in [0.25, 0.3) is 0 Å². The second-order valence-corrected chi connectivity index (χ2v) is 2.09. The third-order valence-corrected chi connectivity index (χ3v) is 1.47. The van der Waals surface area contributed by atoms with Crippen molar-refractivity contribution in [2.75, 3.05) is 5.32 Å². The Morgan fingerprint density at radius 2 is 2.33 bits per heavy atom. The molecule has 12 heavy (non-hydrogen) atoms. The number of hydrogen-bond donors (Lipinski definition) is 1. The van der Waals surface area contributed by atoms with Gasteiger partial charge in [-0.2, -0.15) is 11.7 Å². The minimum Gasteiger partial charge on any atom is -0.237 e. The zero-order chi connectivity index (χ0) is 7.68. The van der Waals surface area contributed by atoms with Gasteiger partial charge in [0, 0.05) is 20.4 Å². The van der Waals surface area contributed by atoms with Gasteiger partial charge in [-0.25, -0.2) is 4.98 Å². The molecule has 0 saturated heterocycles. The van der Waals surface area contributed by atoms with E-state index in [1.807, 2.05) is 13.3 Å². The van der Waals surface area contributed by atoms with Crippen molar-refractivity contribution in [3.8, 4) is 0 Å². The predicted molar refractivity (Wildman–Crippen MR) is 41.8 cm³/mol. The first-order chi connectivity index (χ1) is 5.42. The molecule has 0 saturated carbocycles. The summed E-state index contributed by atoms with van der Waals surface area (Å²) in [5.74, 6) is 0.660. The normalized spacial score (nSPS) is 10.8. The van der Waals surface area contributed by atoms with Crippen LogP contribution in [-0.2, 0) is 20.4 Å². The minimum atomic E-state index is 0.